The second-order valence-electron chi connectivity index (χ2n) is 8.99. The SMILES string of the molecule is COc1cc(C2Nc3ccc(S(=O)(=O)NCc4ccccc4)cc3C3C=CCC32)cc(OC)c1OC. The van der Waals surface area contributed by atoms with Crippen LogP contribution in [-0.2, 0) is 16.6 Å². The molecule has 5 rings (SSSR count). The Morgan fingerprint density at radius 3 is 2.33 bits per heavy atom. The monoisotopic (exact) mass is 506 g/mol. The number of methoxy groups -OCH3 is 3. The lowest BCUT2D eigenvalue weighted by molar-refractivity contribution is 0.322. The fraction of sp³-hybridized carbons (Fsp3) is 0.286. The third kappa shape index (κ3) is 4.42. The summed E-state index contributed by atoms with van der Waals surface area (Å²) in [5.41, 5.74) is 3.84. The maximum absolute atomic E-state index is 13.1. The molecular formula is C28H30N2O5S. The van der Waals surface area contributed by atoms with Crippen molar-refractivity contribution in [1.29, 1.82) is 0 Å². The molecule has 1 aliphatic carbocycles. The minimum absolute atomic E-state index is 0.00938. The van der Waals surface area contributed by atoms with Crippen LogP contribution in [0.2, 0.25) is 0 Å². The molecule has 3 aromatic carbocycles. The van der Waals surface area contributed by atoms with Gasteiger partial charge in [-0.05, 0) is 59.4 Å². The van der Waals surface area contributed by atoms with Gasteiger partial charge >= 0.3 is 0 Å². The van der Waals surface area contributed by atoms with Crippen LogP contribution in [0.5, 0.6) is 17.2 Å². The molecule has 0 saturated heterocycles. The molecule has 0 fully saturated rings. The van der Waals surface area contributed by atoms with Gasteiger partial charge in [0.1, 0.15) is 0 Å². The standard InChI is InChI=1S/C28H30N2O5S/c1-33-25-14-19(15-26(34-2)28(25)35-3)27-22-11-7-10-21(22)23-16-20(12-13-24(23)30-27)36(31,32)29-17-18-8-5-4-6-9-18/h4-10,12-16,21-22,27,29-30H,11,17H2,1-3H3. The molecule has 8 heteroatoms. The van der Waals surface area contributed by atoms with Crippen LogP contribution >= 0.6 is 0 Å². The molecule has 1 heterocycles. The van der Waals surface area contributed by atoms with Gasteiger partial charge in [0, 0.05) is 18.2 Å². The summed E-state index contributed by atoms with van der Waals surface area (Å²) >= 11 is 0. The van der Waals surface area contributed by atoms with Crippen LogP contribution in [-0.4, -0.2) is 29.7 Å². The highest BCUT2D eigenvalue weighted by atomic mass is 32.2. The minimum Gasteiger partial charge on any atom is -0.493 e. The van der Waals surface area contributed by atoms with Gasteiger partial charge in [-0.15, -0.1) is 0 Å². The molecule has 0 aromatic heterocycles. The van der Waals surface area contributed by atoms with Crippen molar-refractivity contribution in [2.45, 2.75) is 29.8 Å². The van der Waals surface area contributed by atoms with E-state index in [4.69, 9.17) is 14.2 Å². The van der Waals surface area contributed by atoms with Gasteiger partial charge in [-0.3, -0.25) is 0 Å². The Kier molecular flexibility index (Phi) is 6.64. The number of anilines is 1. The van der Waals surface area contributed by atoms with E-state index in [0.717, 1.165) is 28.8 Å². The summed E-state index contributed by atoms with van der Waals surface area (Å²) in [6.45, 7) is 0.244. The van der Waals surface area contributed by atoms with Crippen molar-refractivity contribution >= 4 is 15.7 Å². The minimum atomic E-state index is -3.66. The van der Waals surface area contributed by atoms with E-state index in [1.807, 2.05) is 48.5 Å². The van der Waals surface area contributed by atoms with Crippen molar-refractivity contribution in [3.63, 3.8) is 0 Å². The number of sulfonamides is 1. The summed E-state index contributed by atoms with van der Waals surface area (Å²) in [6.07, 6.45) is 5.23. The zero-order valence-electron chi connectivity index (χ0n) is 20.5. The zero-order valence-corrected chi connectivity index (χ0v) is 21.3. The zero-order chi connectivity index (χ0) is 25.3. The van der Waals surface area contributed by atoms with Gasteiger partial charge in [0.05, 0.1) is 32.3 Å². The van der Waals surface area contributed by atoms with Crippen molar-refractivity contribution in [1.82, 2.24) is 4.72 Å². The van der Waals surface area contributed by atoms with Crippen molar-refractivity contribution in [3.8, 4) is 17.2 Å². The highest BCUT2D eigenvalue weighted by Crippen LogP contribution is 2.52. The number of fused-ring (bicyclic) bond motifs is 3. The Morgan fingerprint density at radius 1 is 0.944 bits per heavy atom. The maximum atomic E-state index is 13.1. The van der Waals surface area contributed by atoms with Crippen molar-refractivity contribution < 1.29 is 22.6 Å². The van der Waals surface area contributed by atoms with Crippen LogP contribution in [0.25, 0.3) is 0 Å². The Labute approximate surface area is 212 Å². The Balaban J connectivity index is 1.46. The predicted molar refractivity (Wildman–Crippen MR) is 139 cm³/mol. The Bertz CT molecular complexity index is 1360. The van der Waals surface area contributed by atoms with E-state index >= 15 is 0 Å². The van der Waals surface area contributed by atoms with Crippen LogP contribution in [0.1, 0.15) is 35.1 Å². The van der Waals surface area contributed by atoms with Gasteiger partial charge in [0.15, 0.2) is 11.5 Å². The van der Waals surface area contributed by atoms with E-state index in [1.165, 1.54) is 0 Å². The molecule has 0 saturated carbocycles. The summed E-state index contributed by atoms with van der Waals surface area (Å²) < 4.78 is 45.5. The number of allylic oxidation sites excluding steroid dienone is 2. The van der Waals surface area contributed by atoms with Crippen molar-refractivity contribution in [2.75, 3.05) is 26.6 Å². The third-order valence-corrected chi connectivity index (χ3v) is 8.40. The molecule has 3 atom stereocenters. The van der Waals surface area contributed by atoms with E-state index in [-0.39, 0.29) is 29.3 Å². The Hall–Kier alpha value is -3.49. The van der Waals surface area contributed by atoms with Gasteiger partial charge in [-0.1, -0.05) is 42.5 Å². The average molecular weight is 507 g/mol. The summed E-state index contributed by atoms with van der Waals surface area (Å²) in [6, 6.07) is 18.8. The first kappa shape index (κ1) is 24.2. The Morgan fingerprint density at radius 2 is 1.67 bits per heavy atom. The largest absolute Gasteiger partial charge is 0.493 e. The van der Waals surface area contributed by atoms with Crippen LogP contribution < -0.4 is 24.2 Å². The van der Waals surface area contributed by atoms with E-state index in [1.54, 1.807) is 33.5 Å². The summed E-state index contributed by atoms with van der Waals surface area (Å²) in [5, 5.41) is 3.65. The quantitative estimate of drug-likeness (QED) is 0.418. The fourth-order valence-electron chi connectivity index (χ4n) is 5.21. The van der Waals surface area contributed by atoms with Gasteiger partial charge in [-0.25, -0.2) is 13.1 Å². The normalized spacial score (nSPS) is 20.2. The van der Waals surface area contributed by atoms with Gasteiger partial charge in [-0.2, -0.15) is 0 Å². The van der Waals surface area contributed by atoms with E-state index in [0.29, 0.717) is 17.2 Å². The maximum Gasteiger partial charge on any atom is 0.240 e. The molecule has 36 heavy (non-hydrogen) atoms. The lowest BCUT2D eigenvalue weighted by atomic mass is 9.77. The highest BCUT2D eigenvalue weighted by Gasteiger charge is 2.39. The van der Waals surface area contributed by atoms with Gasteiger partial charge in [0.25, 0.3) is 0 Å². The molecule has 3 unspecified atom stereocenters. The summed E-state index contributed by atoms with van der Waals surface area (Å²) in [4.78, 5) is 0.268. The number of nitrogens with one attached hydrogen (secondary N) is 2. The second-order valence-corrected chi connectivity index (χ2v) is 10.8. The molecule has 0 spiro atoms. The average Bonchev–Trinajstić information content (AvgIpc) is 3.41. The summed E-state index contributed by atoms with van der Waals surface area (Å²) in [5.74, 6) is 2.07. The predicted octanol–water partition coefficient (Wildman–Crippen LogP) is 5.02. The lowest BCUT2D eigenvalue weighted by Crippen LogP contribution is -2.30. The number of rotatable bonds is 8. The fourth-order valence-corrected chi connectivity index (χ4v) is 6.26. The first-order valence-corrected chi connectivity index (χ1v) is 13.3. The molecule has 0 bridgehead atoms. The molecule has 0 amide bonds. The lowest BCUT2D eigenvalue weighted by Gasteiger charge is -2.38. The van der Waals surface area contributed by atoms with Crippen LogP contribution in [0.15, 0.2) is 77.7 Å². The van der Waals surface area contributed by atoms with Gasteiger partial charge < -0.3 is 19.5 Å². The molecular weight excluding hydrogens is 476 g/mol. The van der Waals surface area contributed by atoms with E-state index in [2.05, 4.69) is 22.2 Å². The van der Waals surface area contributed by atoms with Gasteiger partial charge in [0.2, 0.25) is 15.8 Å². The number of ether oxygens (including phenoxy) is 3. The first-order chi connectivity index (χ1) is 17.4. The first-order valence-electron chi connectivity index (χ1n) is 11.9. The molecule has 3 aromatic rings. The van der Waals surface area contributed by atoms with Crippen molar-refractivity contribution in [2.24, 2.45) is 5.92 Å². The van der Waals surface area contributed by atoms with Crippen molar-refractivity contribution in [3.05, 3.63) is 89.5 Å². The van der Waals surface area contributed by atoms with Crippen LogP contribution in [0, 0.1) is 5.92 Å². The molecule has 2 aliphatic rings. The number of hydrogen-bond donors (Lipinski definition) is 2. The van der Waals surface area contributed by atoms with E-state index < -0.39 is 10.0 Å². The third-order valence-electron chi connectivity index (χ3n) is 7.00. The number of benzene rings is 3. The van der Waals surface area contributed by atoms with Crippen LogP contribution in [0.3, 0.4) is 0 Å². The molecule has 188 valence electrons. The molecule has 0 radical (unpaired) electrons. The van der Waals surface area contributed by atoms with E-state index in [9.17, 15) is 8.42 Å². The second kappa shape index (κ2) is 9.87. The van der Waals surface area contributed by atoms with Crippen LogP contribution in [0.4, 0.5) is 5.69 Å². The number of hydrogen-bond acceptors (Lipinski definition) is 6. The summed E-state index contributed by atoms with van der Waals surface area (Å²) in [7, 11) is 1.15. The molecule has 2 N–H and O–H groups in total. The molecule has 7 nitrogen and oxygen atoms in total. The smallest absolute Gasteiger partial charge is 0.240 e. The highest BCUT2D eigenvalue weighted by molar-refractivity contribution is 7.89. The topological polar surface area (TPSA) is 85.9 Å². The molecule has 1 aliphatic heterocycles.